The molecule has 0 fully saturated rings. The number of methoxy groups -OCH3 is 1. The molecule has 0 unspecified atom stereocenters. The van der Waals surface area contributed by atoms with Gasteiger partial charge >= 0.3 is 5.97 Å². The fourth-order valence-corrected chi connectivity index (χ4v) is 4.50. The van der Waals surface area contributed by atoms with E-state index >= 15 is 0 Å². The van der Waals surface area contributed by atoms with E-state index < -0.39 is 16.0 Å². The lowest BCUT2D eigenvalue weighted by molar-refractivity contribution is 0.0696. The van der Waals surface area contributed by atoms with Gasteiger partial charge in [-0.2, -0.15) is 4.31 Å². The number of carboxylic acids is 1. The largest absolute Gasteiger partial charge is 0.495 e. The molecule has 1 heterocycles. The number of nitrogens with zero attached hydrogens (tertiary/aromatic N) is 1. The van der Waals surface area contributed by atoms with Crippen LogP contribution >= 0.6 is 11.3 Å². The monoisotopic (exact) mass is 355 g/mol. The van der Waals surface area contributed by atoms with E-state index in [4.69, 9.17) is 9.84 Å². The number of sulfonamides is 1. The fraction of sp³-hybridized carbons (Fsp3) is 0.267. The number of carboxylic acid groups (broad SMARTS) is 1. The van der Waals surface area contributed by atoms with Crippen LogP contribution in [-0.4, -0.2) is 37.5 Å². The smallest absolute Gasteiger partial charge is 0.335 e. The van der Waals surface area contributed by atoms with Crippen LogP contribution < -0.4 is 4.74 Å². The normalized spacial score (nSPS) is 11.6. The van der Waals surface area contributed by atoms with Gasteiger partial charge in [0.25, 0.3) is 0 Å². The van der Waals surface area contributed by atoms with Crippen LogP contribution in [0.4, 0.5) is 0 Å². The Labute approximate surface area is 139 Å². The first kappa shape index (κ1) is 17.5. The average Bonchev–Trinajstić information content (AvgIpc) is 3.04. The molecule has 0 aliphatic rings. The molecule has 0 bridgehead atoms. The molecule has 0 spiro atoms. The van der Waals surface area contributed by atoms with E-state index in [9.17, 15) is 13.2 Å². The van der Waals surface area contributed by atoms with E-state index in [1.165, 1.54) is 34.9 Å². The predicted molar refractivity (Wildman–Crippen MR) is 87.5 cm³/mol. The summed E-state index contributed by atoms with van der Waals surface area (Å²) < 4.78 is 32.2. The Kier molecular flexibility index (Phi) is 5.40. The van der Waals surface area contributed by atoms with Crippen molar-refractivity contribution in [1.29, 1.82) is 0 Å². The minimum Gasteiger partial charge on any atom is -0.495 e. The number of carbonyl (C=O) groups is 1. The number of hydrogen-bond donors (Lipinski definition) is 1. The molecule has 0 aliphatic heterocycles. The molecule has 8 heteroatoms. The number of benzene rings is 1. The molecule has 0 amide bonds. The second kappa shape index (κ2) is 7.12. The van der Waals surface area contributed by atoms with E-state index in [0.717, 1.165) is 10.9 Å². The molecule has 2 aromatic rings. The van der Waals surface area contributed by atoms with Gasteiger partial charge in [-0.3, -0.25) is 0 Å². The van der Waals surface area contributed by atoms with Crippen LogP contribution in [0.3, 0.4) is 0 Å². The van der Waals surface area contributed by atoms with E-state index in [1.807, 2.05) is 17.5 Å². The van der Waals surface area contributed by atoms with Gasteiger partial charge < -0.3 is 9.84 Å². The molecule has 0 aliphatic carbocycles. The highest BCUT2D eigenvalue weighted by Gasteiger charge is 2.28. The molecule has 0 saturated heterocycles. The Morgan fingerprint density at radius 1 is 1.35 bits per heavy atom. The van der Waals surface area contributed by atoms with E-state index in [-0.39, 0.29) is 29.3 Å². The molecular formula is C15H17NO5S2. The van der Waals surface area contributed by atoms with Crippen molar-refractivity contribution in [2.75, 3.05) is 13.7 Å². The van der Waals surface area contributed by atoms with Crippen molar-refractivity contribution >= 4 is 27.3 Å². The van der Waals surface area contributed by atoms with Crippen LogP contribution in [0, 0.1) is 0 Å². The predicted octanol–water partition coefficient (Wildman–Crippen LogP) is 2.67. The molecule has 2 rings (SSSR count). The van der Waals surface area contributed by atoms with Gasteiger partial charge in [0.1, 0.15) is 10.6 Å². The molecule has 0 atom stereocenters. The lowest BCUT2D eigenvalue weighted by Crippen LogP contribution is -2.30. The molecule has 0 radical (unpaired) electrons. The van der Waals surface area contributed by atoms with Crippen LogP contribution in [0.1, 0.15) is 22.2 Å². The number of hydrogen-bond acceptors (Lipinski definition) is 5. The topological polar surface area (TPSA) is 83.9 Å². The summed E-state index contributed by atoms with van der Waals surface area (Å²) >= 11 is 1.46. The van der Waals surface area contributed by atoms with Crippen molar-refractivity contribution in [3.8, 4) is 5.75 Å². The summed E-state index contributed by atoms with van der Waals surface area (Å²) in [6.45, 7) is 2.23. The Morgan fingerprint density at radius 2 is 2.09 bits per heavy atom. The van der Waals surface area contributed by atoms with Gasteiger partial charge in [0.15, 0.2) is 0 Å². The molecule has 124 valence electrons. The van der Waals surface area contributed by atoms with Crippen molar-refractivity contribution in [3.05, 3.63) is 46.2 Å². The lowest BCUT2D eigenvalue weighted by atomic mass is 10.2. The number of ether oxygens (including phenoxy) is 1. The summed E-state index contributed by atoms with van der Waals surface area (Å²) in [7, 11) is -2.52. The Hall–Kier alpha value is -1.90. The summed E-state index contributed by atoms with van der Waals surface area (Å²) in [5.74, 6) is -1.06. The first-order chi connectivity index (χ1) is 10.9. The van der Waals surface area contributed by atoms with Gasteiger partial charge in [-0.15, -0.1) is 11.3 Å². The summed E-state index contributed by atoms with van der Waals surface area (Å²) in [5.41, 5.74) is -0.100. The zero-order chi connectivity index (χ0) is 17.0. The highest BCUT2D eigenvalue weighted by molar-refractivity contribution is 7.89. The molecular weight excluding hydrogens is 338 g/mol. The average molecular weight is 355 g/mol. The lowest BCUT2D eigenvalue weighted by Gasteiger charge is -2.21. The first-order valence-corrected chi connectivity index (χ1v) is 9.16. The van der Waals surface area contributed by atoms with Crippen LogP contribution in [0.2, 0.25) is 0 Å². The minimum absolute atomic E-state index is 0.100. The maximum Gasteiger partial charge on any atom is 0.335 e. The standard InChI is InChI=1S/C15H17NO5S2/c1-3-16(10-12-5-4-8-22-12)23(19,20)14-9-11(15(17)18)6-7-13(14)21-2/h4-9H,3,10H2,1-2H3,(H,17,18). The van der Waals surface area contributed by atoms with Crippen LogP contribution in [-0.2, 0) is 16.6 Å². The van der Waals surface area contributed by atoms with E-state index in [1.54, 1.807) is 6.92 Å². The Balaban J connectivity index is 2.47. The fourth-order valence-electron chi connectivity index (χ4n) is 2.09. The third-order valence-corrected chi connectivity index (χ3v) is 6.10. The highest BCUT2D eigenvalue weighted by atomic mass is 32.2. The van der Waals surface area contributed by atoms with Gasteiger partial charge in [0.2, 0.25) is 10.0 Å². The van der Waals surface area contributed by atoms with Crippen LogP contribution in [0.5, 0.6) is 5.75 Å². The third kappa shape index (κ3) is 3.72. The Morgan fingerprint density at radius 3 is 2.61 bits per heavy atom. The first-order valence-electron chi connectivity index (χ1n) is 6.84. The maximum absolute atomic E-state index is 12.9. The summed E-state index contributed by atoms with van der Waals surface area (Å²) in [4.78, 5) is 11.9. The minimum atomic E-state index is -3.87. The van der Waals surface area contributed by atoms with E-state index in [0.29, 0.717) is 0 Å². The van der Waals surface area contributed by atoms with Crippen molar-refractivity contribution in [2.45, 2.75) is 18.4 Å². The molecule has 1 aromatic carbocycles. The van der Waals surface area contributed by atoms with Crippen molar-refractivity contribution in [3.63, 3.8) is 0 Å². The summed E-state index contributed by atoms with van der Waals surface area (Å²) in [5, 5.41) is 11.0. The second-order valence-corrected chi connectivity index (χ2v) is 7.62. The van der Waals surface area contributed by atoms with Crippen molar-refractivity contribution in [1.82, 2.24) is 4.31 Å². The molecule has 23 heavy (non-hydrogen) atoms. The van der Waals surface area contributed by atoms with Gasteiger partial charge in [0, 0.05) is 18.0 Å². The maximum atomic E-state index is 12.9. The van der Waals surface area contributed by atoms with Gasteiger partial charge in [-0.25, -0.2) is 13.2 Å². The number of thiophene rings is 1. The van der Waals surface area contributed by atoms with Gasteiger partial charge in [-0.05, 0) is 29.6 Å². The van der Waals surface area contributed by atoms with Crippen LogP contribution in [0.25, 0.3) is 0 Å². The number of aromatic carboxylic acids is 1. The molecule has 1 aromatic heterocycles. The van der Waals surface area contributed by atoms with Crippen molar-refractivity contribution in [2.24, 2.45) is 0 Å². The molecule has 0 saturated carbocycles. The van der Waals surface area contributed by atoms with E-state index in [2.05, 4.69) is 0 Å². The van der Waals surface area contributed by atoms with Crippen LogP contribution in [0.15, 0.2) is 40.6 Å². The summed E-state index contributed by atoms with van der Waals surface area (Å²) in [6, 6.07) is 7.51. The third-order valence-electron chi connectivity index (χ3n) is 3.29. The highest BCUT2D eigenvalue weighted by Crippen LogP contribution is 2.29. The quantitative estimate of drug-likeness (QED) is 0.825. The Bertz CT molecular complexity index is 784. The number of rotatable bonds is 7. The summed E-state index contributed by atoms with van der Waals surface area (Å²) in [6.07, 6.45) is 0. The van der Waals surface area contributed by atoms with Crippen molar-refractivity contribution < 1.29 is 23.1 Å². The molecule has 6 nitrogen and oxygen atoms in total. The zero-order valence-electron chi connectivity index (χ0n) is 12.7. The molecule has 1 N–H and O–H groups in total. The zero-order valence-corrected chi connectivity index (χ0v) is 14.4. The van der Waals surface area contributed by atoms with Gasteiger partial charge in [0.05, 0.1) is 12.7 Å². The SMILES string of the molecule is CCN(Cc1cccs1)S(=O)(=O)c1cc(C(=O)O)ccc1OC. The second-order valence-electron chi connectivity index (χ2n) is 4.68. The van der Waals surface area contributed by atoms with Gasteiger partial charge in [-0.1, -0.05) is 13.0 Å².